The van der Waals surface area contributed by atoms with Crippen molar-refractivity contribution in [1.29, 1.82) is 5.26 Å². The van der Waals surface area contributed by atoms with Crippen molar-refractivity contribution in [2.45, 2.75) is 64.1 Å². The van der Waals surface area contributed by atoms with E-state index in [2.05, 4.69) is 26.8 Å². The van der Waals surface area contributed by atoms with E-state index in [0.29, 0.717) is 22.2 Å². The highest BCUT2D eigenvalue weighted by Gasteiger charge is 2.44. The number of thioether (sulfide) groups is 1. The molecule has 1 fully saturated rings. The lowest BCUT2D eigenvalue weighted by Gasteiger charge is -2.34. The zero-order valence-electron chi connectivity index (χ0n) is 23.7. The fourth-order valence-corrected chi connectivity index (χ4v) is 6.51. The fraction of sp³-hybridized carbons (Fsp3) is 0.364. The Hall–Kier alpha value is -3.96. The van der Waals surface area contributed by atoms with E-state index in [0.717, 1.165) is 36.1 Å². The van der Waals surface area contributed by atoms with Crippen LogP contribution in [0.1, 0.15) is 56.0 Å². The van der Waals surface area contributed by atoms with Crippen LogP contribution in [0.3, 0.4) is 0 Å². The Bertz CT molecular complexity index is 1490. The van der Waals surface area contributed by atoms with E-state index in [1.54, 1.807) is 24.3 Å². The highest BCUT2D eigenvalue weighted by Crippen LogP contribution is 2.38. The van der Waals surface area contributed by atoms with E-state index in [1.165, 1.54) is 21.6 Å². The number of imide groups is 1. The van der Waals surface area contributed by atoms with Crippen molar-refractivity contribution in [3.05, 3.63) is 89.1 Å². The van der Waals surface area contributed by atoms with Gasteiger partial charge < -0.3 is 4.90 Å². The fourth-order valence-electron chi connectivity index (χ4n) is 5.65. The van der Waals surface area contributed by atoms with Crippen molar-refractivity contribution in [2.24, 2.45) is 11.3 Å². The van der Waals surface area contributed by atoms with Gasteiger partial charge in [0.15, 0.2) is 0 Å². The summed E-state index contributed by atoms with van der Waals surface area (Å²) in [5.41, 5.74) is 4.12. The molecule has 41 heavy (non-hydrogen) atoms. The number of carbonyl (C=O) groups is 3. The summed E-state index contributed by atoms with van der Waals surface area (Å²) in [6.07, 6.45) is 2.70. The number of nitrogens with zero attached hydrogens (tertiary/aromatic N) is 4. The lowest BCUT2D eigenvalue weighted by Crippen LogP contribution is -2.45. The van der Waals surface area contributed by atoms with Gasteiger partial charge in [-0.05, 0) is 59.9 Å². The van der Waals surface area contributed by atoms with Crippen LogP contribution in [0, 0.1) is 22.7 Å². The van der Waals surface area contributed by atoms with Crippen LogP contribution in [0.2, 0.25) is 0 Å². The lowest BCUT2D eigenvalue weighted by molar-refractivity contribution is -0.136. The molecule has 210 valence electrons. The number of aromatic nitrogens is 1. The maximum Gasteiger partial charge on any atom is 0.257 e. The Morgan fingerprint density at radius 2 is 1.76 bits per heavy atom. The van der Waals surface area contributed by atoms with Crippen LogP contribution < -0.4 is 4.90 Å². The number of hydrogen-bond acceptors (Lipinski definition) is 6. The molecule has 8 heteroatoms. The third-order valence-electron chi connectivity index (χ3n) is 8.06. The number of fused-ring (bicyclic) bond motifs is 1. The van der Waals surface area contributed by atoms with Crippen molar-refractivity contribution in [3.63, 3.8) is 0 Å². The Labute approximate surface area is 245 Å². The second-order valence-electron chi connectivity index (χ2n) is 11.8. The Balaban J connectivity index is 1.37. The monoisotopic (exact) mass is 566 g/mol. The van der Waals surface area contributed by atoms with Crippen molar-refractivity contribution in [3.8, 4) is 6.07 Å². The maximum absolute atomic E-state index is 13.8. The maximum atomic E-state index is 13.8. The van der Waals surface area contributed by atoms with Crippen molar-refractivity contribution < 1.29 is 14.4 Å². The normalized spacial score (nSPS) is 18.6. The highest BCUT2D eigenvalue weighted by molar-refractivity contribution is 8.00. The first-order valence-electron chi connectivity index (χ1n) is 14.0. The predicted molar refractivity (Wildman–Crippen MR) is 159 cm³/mol. The number of hydrogen-bond donors (Lipinski definition) is 0. The molecule has 0 saturated carbocycles. The summed E-state index contributed by atoms with van der Waals surface area (Å²) in [7, 11) is 0. The second-order valence-corrected chi connectivity index (χ2v) is 12.7. The van der Waals surface area contributed by atoms with E-state index >= 15 is 0 Å². The topological polar surface area (TPSA) is 94.4 Å². The predicted octanol–water partition coefficient (Wildman–Crippen LogP) is 5.56. The molecular formula is C33H34N4O3S. The van der Waals surface area contributed by atoms with Gasteiger partial charge in [-0.1, -0.05) is 81.1 Å². The summed E-state index contributed by atoms with van der Waals surface area (Å²) in [4.78, 5) is 47.8. The molecule has 7 nitrogen and oxygen atoms in total. The first kappa shape index (κ1) is 28.6. The molecule has 2 aliphatic rings. The van der Waals surface area contributed by atoms with Gasteiger partial charge in [0.25, 0.3) is 5.91 Å². The third kappa shape index (κ3) is 6.20. The highest BCUT2D eigenvalue weighted by atomic mass is 32.2. The molecule has 0 N–H and O–H groups in total. The number of benzene rings is 2. The third-order valence-corrected chi connectivity index (χ3v) is 9.04. The molecule has 1 aromatic heterocycles. The molecule has 1 saturated heterocycles. The van der Waals surface area contributed by atoms with Crippen molar-refractivity contribution in [2.75, 3.05) is 10.7 Å². The molecular weight excluding hydrogens is 532 g/mol. The average molecular weight is 567 g/mol. The summed E-state index contributed by atoms with van der Waals surface area (Å²) in [5.74, 6) is -0.496. The van der Waals surface area contributed by atoms with E-state index in [1.807, 2.05) is 42.5 Å². The zero-order valence-corrected chi connectivity index (χ0v) is 24.5. The molecule has 1 aliphatic heterocycles. The summed E-state index contributed by atoms with van der Waals surface area (Å²) in [5, 5.41) is 10.4. The van der Waals surface area contributed by atoms with Gasteiger partial charge in [-0.2, -0.15) is 5.26 Å². The number of pyridine rings is 1. The molecule has 1 aliphatic carbocycles. The summed E-state index contributed by atoms with van der Waals surface area (Å²) < 4.78 is 0. The van der Waals surface area contributed by atoms with Gasteiger partial charge in [-0.25, -0.2) is 9.88 Å². The molecule has 0 radical (unpaired) electrons. The van der Waals surface area contributed by atoms with Crippen LogP contribution in [0.5, 0.6) is 0 Å². The Morgan fingerprint density at radius 3 is 2.41 bits per heavy atom. The van der Waals surface area contributed by atoms with Crippen LogP contribution in [0.15, 0.2) is 71.8 Å². The lowest BCUT2D eigenvalue weighted by atomic mass is 9.71. The molecule has 3 amide bonds. The first-order chi connectivity index (χ1) is 19.7. The van der Waals surface area contributed by atoms with Gasteiger partial charge in [0, 0.05) is 12.2 Å². The minimum Gasteiger partial charge on any atom is -0.325 e. The van der Waals surface area contributed by atoms with E-state index in [-0.39, 0.29) is 35.9 Å². The van der Waals surface area contributed by atoms with Crippen LogP contribution in [-0.4, -0.2) is 39.4 Å². The molecule has 3 aromatic rings. The molecule has 0 bridgehead atoms. The van der Waals surface area contributed by atoms with Gasteiger partial charge in [0.05, 0.1) is 23.4 Å². The number of amides is 3. The van der Waals surface area contributed by atoms with Crippen molar-refractivity contribution in [1.82, 2.24) is 9.88 Å². The Morgan fingerprint density at radius 1 is 1.07 bits per heavy atom. The van der Waals surface area contributed by atoms with Gasteiger partial charge in [0.2, 0.25) is 11.8 Å². The van der Waals surface area contributed by atoms with Crippen LogP contribution >= 0.6 is 11.8 Å². The quantitative estimate of drug-likeness (QED) is 0.275. The van der Waals surface area contributed by atoms with Gasteiger partial charge in [-0.15, -0.1) is 0 Å². The Kier molecular flexibility index (Phi) is 8.27. The van der Waals surface area contributed by atoms with Gasteiger partial charge in [-0.3, -0.25) is 14.4 Å². The number of anilines is 1. The number of para-hydroxylation sites is 1. The number of rotatable bonds is 7. The summed E-state index contributed by atoms with van der Waals surface area (Å²) in [6, 6.07) is 21.5. The van der Waals surface area contributed by atoms with Crippen LogP contribution in [-0.2, 0) is 33.8 Å². The SMILES string of the molecule is CC(C)(C)C1CCc2nc(SCC(=O)N(Cc3ccccc3)C3CC(=O)N(c4ccccc4)C3=O)c(C#N)cc2C1. The molecule has 5 rings (SSSR count). The zero-order chi connectivity index (χ0) is 29.1. The standard InChI is InChI=1S/C33H34N4O3S/c1-33(2,3)25-14-15-27-23(17-25)16-24(19-34)31(35-27)41-21-30(39)36(20-22-10-6-4-7-11-22)28-18-29(38)37(32(28)40)26-12-8-5-9-13-26/h4-13,16,25,28H,14-15,17-18,20-21H2,1-3H3. The van der Waals surface area contributed by atoms with Crippen LogP contribution in [0.4, 0.5) is 5.69 Å². The number of carbonyl (C=O) groups excluding carboxylic acids is 3. The summed E-state index contributed by atoms with van der Waals surface area (Å²) in [6.45, 7) is 6.95. The molecule has 2 heterocycles. The first-order valence-corrected chi connectivity index (χ1v) is 14.9. The van der Waals surface area contributed by atoms with Gasteiger partial charge >= 0.3 is 0 Å². The van der Waals surface area contributed by atoms with Crippen LogP contribution in [0.25, 0.3) is 0 Å². The molecule has 2 aromatic carbocycles. The van der Waals surface area contributed by atoms with E-state index in [4.69, 9.17) is 4.98 Å². The molecule has 2 atom stereocenters. The second kappa shape index (κ2) is 11.9. The number of nitriles is 1. The smallest absolute Gasteiger partial charge is 0.257 e. The van der Waals surface area contributed by atoms with E-state index in [9.17, 15) is 19.6 Å². The molecule has 2 unspecified atom stereocenters. The summed E-state index contributed by atoms with van der Waals surface area (Å²) >= 11 is 1.22. The minimum atomic E-state index is -0.905. The number of aryl methyl sites for hydroxylation is 1. The minimum absolute atomic E-state index is 0.00121. The average Bonchev–Trinajstić information content (AvgIpc) is 3.27. The largest absolute Gasteiger partial charge is 0.325 e. The van der Waals surface area contributed by atoms with E-state index < -0.39 is 11.9 Å². The van der Waals surface area contributed by atoms with Gasteiger partial charge in [0.1, 0.15) is 17.1 Å². The molecule has 0 spiro atoms. The van der Waals surface area contributed by atoms with Crippen molar-refractivity contribution >= 4 is 35.2 Å².